The largest absolute Gasteiger partial charge is 0.350 e. The van der Waals surface area contributed by atoms with Crippen molar-refractivity contribution in [2.45, 2.75) is 0 Å². The normalized spacial score (nSPS) is 10.6. The SMILES string of the molecule is NC(=O)N/N=C/c1cccn1-c1ccccc1. The number of aromatic nitrogens is 1. The van der Waals surface area contributed by atoms with E-state index in [9.17, 15) is 4.79 Å². The standard InChI is InChI=1S/C12H12N4O/c13-12(17)15-14-9-11-7-4-8-16(11)10-5-2-1-3-6-10/h1-9H,(H3,13,15,17)/b14-9+. The third-order valence-electron chi connectivity index (χ3n) is 2.19. The lowest BCUT2D eigenvalue weighted by atomic mass is 10.3. The molecule has 5 heteroatoms. The highest BCUT2D eigenvalue weighted by Crippen LogP contribution is 2.10. The van der Waals surface area contributed by atoms with Crippen LogP contribution in [0, 0.1) is 0 Å². The van der Waals surface area contributed by atoms with Crippen LogP contribution in [0.25, 0.3) is 5.69 Å². The van der Waals surface area contributed by atoms with Gasteiger partial charge in [0.05, 0.1) is 11.9 Å². The Morgan fingerprint density at radius 2 is 2.00 bits per heavy atom. The summed E-state index contributed by atoms with van der Waals surface area (Å²) in [5.74, 6) is 0. The highest BCUT2D eigenvalue weighted by Gasteiger charge is 1.99. The summed E-state index contributed by atoms with van der Waals surface area (Å²) >= 11 is 0. The van der Waals surface area contributed by atoms with E-state index in [0.29, 0.717) is 0 Å². The number of para-hydroxylation sites is 1. The molecule has 2 amide bonds. The average Bonchev–Trinajstić information content (AvgIpc) is 2.78. The number of hydrogen-bond donors (Lipinski definition) is 2. The second-order valence-electron chi connectivity index (χ2n) is 3.37. The molecule has 0 saturated heterocycles. The molecule has 1 aromatic heterocycles. The van der Waals surface area contributed by atoms with E-state index >= 15 is 0 Å². The van der Waals surface area contributed by atoms with Crippen LogP contribution in [-0.4, -0.2) is 16.8 Å². The monoisotopic (exact) mass is 228 g/mol. The van der Waals surface area contributed by atoms with Gasteiger partial charge in [-0.1, -0.05) is 18.2 Å². The van der Waals surface area contributed by atoms with Gasteiger partial charge in [0.15, 0.2) is 0 Å². The maximum Gasteiger partial charge on any atom is 0.332 e. The topological polar surface area (TPSA) is 72.4 Å². The van der Waals surface area contributed by atoms with Crippen molar-refractivity contribution in [3.8, 4) is 5.69 Å². The van der Waals surface area contributed by atoms with E-state index in [-0.39, 0.29) is 0 Å². The molecule has 0 atom stereocenters. The Balaban J connectivity index is 2.23. The summed E-state index contributed by atoms with van der Waals surface area (Å²) in [7, 11) is 0. The number of hydrazone groups is 1. The molecule has 2 rings (SSSR count). The molecule has 0 aliphatic rings. The third-order valence-corrected chi connectivity index (χ3v) is 2.19. The number of carbonyl (C=O) groups is 1. The minimum Gasteiger partial charge on any atom is -0.350 e. The number of rotatable bonds is 3. The first-order valence-electron chi connectivity index (χ1n) is 5.08. The van der Waals surface area contributed by atoms with E-state index in [1.165, 1.54) is 6.21 Å². The molecule has 86 valence electrons. The van der Waals surface area contributed by atoms with Gasteiger partial charge in [-0.2, -0.15) is 5.10 Å². The number of primary amides is 1. The lowest BCUT2D eigenvalue weighted by molar-refractivity contribution is 0.249. The van der Waals surface area contributed by atoms with Gasteiger partial charge in [0.2, 0.25) is 0 Å². The Labute approximate surface area is 98.6 Å². The van der Waals surface area contributed by atoms with Crippen LogP contribution < -0.4 is 11.2 Å². The Hall–Kier alpha value is -2.56. The van der Waals surface area contributed by atoms with Crippen molar-refractivity contribution in [3.63, 3.8) is 0 Å². The summed E-state index contributed by atoms with van der Waals surface area (Å²) in [5.41, 5.74) is 8.95. The van der Waals surface area contributed by atoms with Crippen molar-refractivity contribution in [2.24, 2.45) is 10.8 Å². The van der Waals surface area contributed by atoms with Gasteiger partial charge in [-0.3, -0.25) is 0 Å². The first-order valence-corrected chi connectivity index (χ1v) is 5.08. The molecule has 0 aliphatic carbocycles. The van der Waals surface area contributed by atoms with Gasteiger partial charge in [0.25, 0.3) is 0 Å². The van der Waals surface area contributed by atoms with Gasteiger partial charge >= 0.3 is 6.03 Å². The Kier molecular flexibility index (Phi) is 3.20. The predicted molar refractivity (Wildman–Crippen MR) is 66.1 cm³/mol. The smallest absolute Gasteiger partial charge is 0.332 e. The van der Waals surface area contributed by atoms with Crippen molar-refractivity contribution in [1.29, 1.82) is 0 Å². The molecule has 3 N–H and O–H groups in total. The van der Waals surface area contributed by atoms with Gasteiger partial charge in [0.1, 0.15) is 0 Å². The van der Waals surface area contributed by atoms with Crippen molar-refractivity contribution < 1.29 is 4.79 Å². The van der Waals surface area contributed by atoms with E-state index in [1.54, 1.807) is 0 Å². The van der Waals surface area contributed by atoms with Crippen LogP contribution in [-0.2, 0) is 0 Å². The fraction of sp³-hybridized carbons (Fsp3) is 0. The number of urea groups is 1. The molecule has 0 bridgehead atoms. The molecule has 1 heterocycles. The number of amides is 2. The molecule has 0 saturated carbocycles. The van der Waals surface area contributed by atoms with Gasteiger partial charge in [0, 0.05) is 11.9 Å². The summed E-state index contributed by atoms with van der Waals surface area (Å²) in [6.07, 6.45) is 3.46. The molecule has 2 aromatic rings. The van der Waals surface area contributed by atoms with Crippen LogP contribution in [0.5, 0.6) is 0 Å². The van der Waals surface area contributed by atoms with Crippen molar-refractivity contribution in [1.82, 2.24) is 9.99 Å². The highest BCUT2D eigenvalue weighted by atomic mass is 16.2. The van der Waals surface area contributed by atoms with E-state index in [0.717, 1.165) is 11.4 Å². The second-order valence-corrected chi connectivity index (χ2v) is 3.37. The summed E-state index contributed by atoms with van der Waals surface area (Å²) in [4.78, 5) is 10.5. The molecule has 5 nitrogen and oxygen atoms in total. The quantitative estimate of drug-likeness (QED) is 0.606. The van der Waals surface area contributed by atoms with Crippen LogP contribution in [0.15, 0.2) is 53.8 Å². The predicted octanol–water partition coefficient (Wildman–Crippen LogP) is 1.48. The molecule has 0 aliphatic heterocycles. The van der Waals surface area contributed by atoms with Crippen LogP contribution >= 0.6 is 0 Å². The Morgan fingerprint density at radius 1 is 1.24 bits per heavy atom. The van der Waals surface area contributed by atoms with E-state index in [4.69, 9.17) is 5.73 Å². The summed E-state index contributed by atoms with van der Waals surface area (Å²) in [6.45, 7) is 0. The zero-order chi connectivity index (χ0) is 12.1. The molecular weight excluding hydrogens is 216 g/mol. The number of carbonyl (C=O) groups excluding carboxylic acids is 1. The third kappa shape index (κ3) is 2.72. The van der Waals surface area contributed by atoms with E-state index in [1.807, 2.05) is 53.2 Å². The van der Waals surface area contributed by atoms with Gasteiger partial charge < -0.3 is 10.3 Å². The fourth-order valence-corrected chi connectivity index (χ4v) is 1.49. The minimum atomic E-state index is -0.681. The molecule has 0 spiro atoms. The summed E-state index contributed by atoms with van der Waals surface area (Å²) in [6, 6.07) is 12.9. The first-order chi connectivity index (χ1) is 8.27. The molecule has 0 radical (unpaired) electrons. The summed E-state index contributed by atoms with van der Waals surface area (Å²) in [5, 5.41) is 3.73. The number of hydrogen-bond acceptors (Lipinski definition) is 2. The molecule has 0 unspecified atom stereocenters. The van der Waals surface area contributed by atoms with Gasteiger partial charge in [-0.25, -0.2) is 10.2 Å². The number of nitrogens with one attached hydrogen (secondary N) is 1. The Bertz CT molecular complexity index is 530. The van der Waals surface area contributed by atoms with Crippen LogP contribution in [0.3, 0.4) is 0 Å². The van der Waals surface area contributed by atoms with Crippen molar-refractivity contribution in [2.75, 3.05) is 0 Å². The second kappa shape index (κ2) is 4.98. The van der Waals surface area contributed by atoms with Gasteiger partial charge in [-0.15, -0.1) is 0 Å². The minimum absolute atomic E-state index is 0.681. The van der Waals surface area contributed by atoms with Gasteiger partial charge in [-0.05, 0) is 24.3 Å². The maximum atomic E-state index is 10.5. The molecular formula is C12H12N4O. The van der Waals surface area contributed by atoms with E-state index in [2.05, 4.69) is 10.5 Å². The summed E-state index contributed by atoms with van der Waals surface area (Å²) < 4.78 is 1.95. The lowest BCUT2D eigenvalue weighted by Crippen LogP contribution is -2.24. The fourth-order valence-electron chi connectivity index (χ4n) is 1.49. The zero-order valence-electron chi connectivity index (χ0n) is 9.08. The highest BCUT2D eigenvalue weighted by molar-refractivity contribution is 5.80. The van der Waals surface area contributed by atoms with Crippen molar-refractivity contribution >= 4 is 12.2 Å². The number of nitrogens with two attached hydrogens (primary N) is 1. The van der Waals surface area contributed by atoms with Crippen molar-refractivity contribution in [3.05, 3.63) is 54.4 Å². The number of benzene rings is 1. The number of nitrogens with zero attached hydrogens (tertiary/aromatic N) is 2. The van der Waals surface area contributed by atoms with Crippen LogP contribution in [0.4, 0.5) is 4.79 Å². The van der Waals surface area contributed by atoms with Crippen LogP contribution in [0.1, 0.15) is 5.69 Å². The zero-order valence-corrected chi connectivity index (χ0v) is 9.08. The molecule has 1 aromatic carbocycles. The van der Waals surface area contributed by atoms with E-state index < -0.39 is 6.03 Å². The molecule has 0 fully saturated rings. The Morgan fingerprint density at radius 3 is 2.71 bits per heavy atom. The molecule has 17 heavy (non-hydrogen) atoms. The van der Waals surface area contributed by atoms with Crippen LogP contribution in [0.2, 0.25) is 0 Å². The average molecular weight is 228 g/mol. The first kappa shape index (κ1) is 10.9. The maximum absolute atomic E-state index is 10.5. The lowest BCUT2D eigenvalue weighted by Gasteiger charge is -2.05.